The van der Waals surface area contributed by atoms with Crippen molar-refractivity contribution >= 4 is 36.4 Å². The third-order valence-electron chi connectivity index (χ3n) is 12.1. The van der Waals surface area contributed by atoms with Gasteiger partial charge in [0, 0.05) is 38.4 Å². The fourth-order valence-corrected chi connectivity index (χ4v) is 8.95. The number of nitrogens with zero attached hydrogens (tertiary/aromatic N) is 1. The van der Waals surface area contributed by atoms with Gasteiger partial charge in [-0.2, -0.15) is 0 Å². The Morgan fingerprint density at radius 3 is 1.66 bits per heavy atom. The van der Waals surface area contributed by atoms with Gasteiger partial charge >= 0.3 is 30.5 Å². The lowest BCUT2D eigenvalue weighted by molar-refractivity contribution is -0.293. The Morgan fingerprint density at radius 1 is 0.649 bits per heavy atom. The van der Waals surface area contributed by atoms with Crippen LogP contribution in [0.25, 0.3) is 0 Å². The van der Waals surface area contributed by atoms with E-state index in [1.165, 1.54) is 11.9 Å². The Bertz CT molecular complexity index is 2050. The molecule has 11 atom stereocenters. The highest BCUT2D eigenvalue weighted by atomic mass is 16.7. The monoisotopic (exact) mass is 1100 g/mol. The fraction of sp³-hybridized carbons (Fsp3) is 0.846. The van der Waals surface area contributed by atoms with E-state index >= 15 is 0 Å². The van der Waals surface area contributed by atoms with Gasteiger partial charge in [0.2, 0.25) is 6.29 Å². The van der Waals surface area contributed by atoms with Crippen molar-refractivity contribution in [2.45, 2.75) is 244 Å². The maximum Gasteiger partial charge on any atom is 0.410 e. The van der Waals surface area contributed by atoms with E-state index in [2.05, 4.69) is 31.9 Å². The first-order valence-electron chi connectivity index (χ1n) is 26.5. The number of likely N-dealkylation sites (N-methyl/N-ethyl adjacent to an activating group) is 1. The molecule has 0 radical (unpaired) electrons. The summed E-state index contributed by atoms with van der Waals surface area (Å²) in [4.78, 5) is 80.6. The van der Waals surface area contributed by atoms with Crippen LogP contribution in [0.2, 0.25) is 0 Å². The molecule has 2 saturated carbocycles. The van der Waals surface area contributed by atoms with E-state index in [-0.39, 0.29) is 38.8 Å². The van der Waals surface area contributed by atoms with Gasteiger partial charge in [-0.25, -0.2) is 24.0 Å². The molecule has 0 aromatic carbocycles. The molecule has 2 aliphatic heterocycles. The van der Waals surface area contributed by atoms with Crippen molar-refractivity contribution in [2.24, 2.45) is 5.92 Å². The number of carbonyl (C=O) groups is 6. The first-order valence-corrected chi connectivity index (χ1v) is 26.5. The molecule has 2 aliphatic carbocycles. The molecular weight excluding hydrogens is 1010 g/mol. The number of nitrogens with one attached hydrogen (secondary N) is 6. The second-order valence-corrected chi connectivity index (χ2v) is 25.4. The molecule has 0 aromatic rings. The number of ether oxygens (including phenoxy) is 9. The zero-order valence-corrected chi connectivity index (χ0v) is 48.3. The highest BCUT2D eigenvalue weighted by molar-refractivity contribution is 5.87. The van der Waals surface area contributed by atoms with Crippen molar-refractivity contribution in [3.63, 3.8) is 0 Å². The van der Waals surface area contributed by atoms with Gasteiger partial charge in [0.05, 0.1) is 37.3 Å². The molecule has 2 heterocycles. The molecular formula is C52H91N7O18. The number of aliphatic hydroxyl groups excluding tert-OH is 2. The highest BCUT2D eigenvalue weighted by Crippen LogP contribution is 2.37. The fourth-order valence-electron chi connectivity index (χ4n) is 8.95. The second kappa shape index (κ2) is 25.9. The van der Waals surface area contributed by atoms with Crippen molar-refractivity contribution < 1.29 is 86.7 Å². The lowest BCUT2D eigenvalue weighted by atomic mass is 9.74. The van der Waals surface area contributed by atoms with Crippen LogP contribution in [0.1, 0.15) is 143 Å². The third kappa shape index (κ3) is 21.0. The topological polar surface area (TPSA) is 322 Å². The van der Waals surface area contributed by atoms with Gasteiger partial charge in [-0.3, -0.25) is 4.79 Å². The van der Waals surface area contributed by atoms with Gasteiger partial charge in [-0.15, -0.1) is 0 Å². The minimum Gasteiger partial charge on any atom is -0.466 e. The molecule has 25 nitrogen and oxygen atoms in total. The van der Waals surface area contributed by atoms with Crippen molar-refractivity contribution in [1.29, 1.82) is 0 Å². The van der Waals surface area contributed by atoms with E-state index in [4.69, 9.17) is 42.6 Å². The summed E-state index contributed by atoms with van der Waals surface area (Å²) in [5.74, 6) is -0.966. The van der Waals surface area contributed by atoms with E-state index in [0.29, 0.717) is 25.3 Å². The molecule has 0 unspecified atom stereocenters. The van der Waals surface area contributed by atoms with Gasteiger partial charge < -0.3 is 94.8 Å². The number of carbonyl (C=O) groups excluding carboxylic acids is 6. The van der Waals surface area contributed by atoms with Crippen molar-refractivity contribution in [3.8, 4) is 0 Å². The predicted octanol–water partition coefficient (Wildman–Crippen LogP) is 3.93. The maximum absolute atomic E-state index is 14.2. The van der Waals surface area contributed by atoms with Gasteiger partial charge in [-0.1, -0.05) is 6.92 Å². The predicted molar refractivity (Wildman–Crippen MR) is 278 cm³/mol. The molecule has 0 spiro atoms. The van der Waals surface area contributed by atoms with Crippen LogP contribution in [0, 0.1) is 5.92 Å². The maximum atomic E-state index is 14.2. The van der Waals surface area contributed by atoms with Crippen LogP contribution in [0.15, 0.2) is 11.8 Å². The molecule has 9 N–H and O–H groups in total. The van der Waals surface area contributed by atoms with Gasteiger partial charge in [0.15, 0.2) is 6.29 Å². The Labute approximate surface area is 453 Å². The highest BCUT2D eigenvalue weighted by Gasteiger charge is 2.55. The minimum atomic E-state index is -2.02. The van der Waals surface area contributed by atoms with Crippen LogP contribution in [0.4, 0.5) is 24.0 Å². The first-order chi connectivity index (χ1) is 35.2. The number of aliphatic hydroxyl groups is 3. The summed E-state index contributed by atoms with van der Waals surface area (Å²) in [6, 6.07) is -5.05. The molecule has 25 heteroatoms. The van der Waals surface area contributed by atoms with Crippen molar-refractivity contribution in [1.82, 2.24) is 36.8 Å². The molecule has 442 valence electrons. The van der Waals surface area contributed by atoms with Crippen molar-refractivity contribution in [3.05, 3.63) is 11.8 Å². The number of amides is 6. The summed E-state index contributed by atoms with van der Waals surface area (Å²) in [7, 11) is 1.47. The zero-order valence-electron chi connectivity index (χ0n) is 48.3. The lowest BCUT2D eigenvalue weighted by Crippen LogP contribution is -2.71. The number of hydrogen-bond acceptors (Lipinski definition) is 19. The van der Waals surface area contributed by atoms with Crippen LogP contribution in [-0.2, 0) is 47.4 Å². The molecule has 77 heavy (non-hydrogen) atoms. The van der Waals surface area contributed by atoms with E-state index < -0.39 is 143 Å². The summed E-state index contributed by atoms with van der Waals surface area (Å²) in [5, 5.41) is 53.4. The summed E-state index contributed by atoms with van der Waals surface area (Å²) < 4.78 is 53.2. The average Bonchev–Trinajstić information content (AvgIpc) is 3.22. The average molecular weight is 1100 g/mol. The Morgan fingerprint density at radius 2 is 1.13 bits per heavy atom. The Balaban J connectivity index is 1.70. The summed E-state index contributed by atoms with van der Waals surface area (Å²) in [6.45, 7) is 28.2. The van der Waals surface area contributed by atoms with Crippen LogP contribution in [0.5, 0.6) is 0 Å². The Hall–Kier alpha value is -4.92. The molecule has 4 aliphatic rings. The van der Waals surface area contributed by atoms with Gasteiger partial charge in [-0.05, 0) is 136 Å². The number of alkyl carbamates (subject to hydrolysis) is 4. The molecule has 1 saturated heterocycles. The lowest BCUT2D eigenvalue weighted by Gasteiger charge is -2.50. The summed E-state index contributed by atoms with van der Waals surface area (Å²) in [5.41, 5.74) is -6.23. The summed E-state index contributed by atoms with van der Waals surface area (Å²) in [6.07, 6.45) is -11.4. The van der Waals surface area contributed by atoms with E-state index in [9.17, 15) is 44.1 Å². The molecule has 4 rings (SSSR count). The molecule has 0 aromatic heterocycles. The zero-order chi connectivity index (χ0) is 58.2. The Kier molecular flexibility index (Phi) is 21.7. The van der Waals surface area contributed by atoms with Crippen LogP contribution < -0.4 is 31.9 Å². The van der Waals surface area contributed by atoms with E-state index in [0.717, 1.165) is 0 Å². The third-order valence-corrected chi connectivity index (χ3v) is 12.1. The van der Waals surface area contributed by atoms with Gasteiger partial charge in [0.25, 0.3) is 5.91 Å². The van der Waals surface area contributed by atoms with Crippen LogP contribution >= 0.6 is 0 Å². The standard InChI is InChI=1S/C52H91N7O18/c1-28-27-69-40(35(60)34(28)59(17)46(67)77-51(14,15)16)72-37-32(56-41(62)52(68)24-29(25-52)55-43(64)74-48(5,6)7)23-33(58-45(66)76-50(11,12)13)38(36(37)61)71-39-31(57-44(65)75-49(8,9)10)20-19-30(70-39)26-53-21-18-22-54-42(63)73-47(2,3)4/h19,28-29,31-40,53,60-61,68H,18,20-27H2,1-17H3,(H,54,63)(H,55,64)(H,56,62)(H,57,65)(H,58,66)/t28-,29?,31-,32-,33+,34+,35-,36-,37+,38-,39-,40-,52?/m1/s1. The van der Waals surface area contributed by atoms with Crippen LogP contribution in [-0.4, -0.2) is 191 Å². The van der Waals surface area contributed by atoms with Crippen molar-refractivity contribution in [2.75, 3.05) is 33.3 Å². The molecule has 0 bridgehead atoms. The molecule has 3 fully saturated rings. The second-order valence-electron chi connectivity index (χ2n) is 25.4. The quantitative estimate of drug-likeness (QED) is 0.0781. The number of hydrogen-bond donors (Lipinski definition) is 9. The summed E-state index contributed by atoms with van der Waals surface area (Å²) >= 11 is 0. The van der Waals surface area contributed by atoms with Gasteiger partial charge in [0.1, 0.15) is 63.8 Å². The molecule has 6 amide bonds. The number of rotatable bonds is 16. The normalized spacial score (nSPS) is 29.9. The SMILES string of the molecule is C[C@@H]1CO[C@H](O[C@@H]2[C@@H](O)[C@H](O[C@H]3OC(CNCCCNC(=O)OC(C)(C)C)=CC[C@H]3NC(=O)OC(C)(C)C)[C@@H](NC(=O)OC(C)(C)C)C[C@H]2NC(=O)C2(O)CC(NC(=O)OC(C)(C)C)C2)[C@H](O)[C@H]1N(C)C(=O)OC(C)(C)C. The first kappa shape index (κ1) is 64.6. The van der Waals surface area contributed by atoms with E-state index in [1.807, 2.05) is 0 Å². The smallest absolute Gasteiger partial charge is 0.410 e. The minimum absolute atomic E-state index is 0.0365. The van der Waals surface area contributed by atoms with E-state index in [1.54, 1.807) is 117 Å². The largest absolute Gasteiger partial charge is 0.466 e. The van der Waals surface area contributed by atoms with Crippen LogP contribution in [0.3, 0.4) is 0 Å².